The highest BCUT2D eigenvalue weighted by molar-refractivity contribution is 5.85. The van der Waals surface area contributed by atoms with Crippen molar-refractivity contribution in [2.45, 2.75) is 12.5 Å². The summed E-state index contributed by atoms with van der Waals surface area (Å²) in [5, 5.41) is 8.52. The number of hydrogen-bond acceptors (Lipinski definition) is 4. The number of halogens is 1. The van der Waals surface area contributed by atoms with Gasteiger partial charge in [0.05, 0.1) is 13.5 Å². The van der Waals surface area contributed by atoms with Crippen LogP contribution in [0.1, 0.15) is 18.0 Å². The molecule has 0 aliphatic rings. The van der Waals surface area contributed by atoms with Crippen molar-refractivity contribution in [2.75, 3.05) is 7.11 Å². The van der Waals surface area contributed by atoms with E-state index in [2.05, 4.69) is 4.98 Å². The molecule has 6 heteroatoms. The Hall–Kier alpha value is -1.33. The van der Waals surface area contributed by atoms with Crippen LogP contribution in [0.5, 0.6) is 5.88 Å². The average molecular weight is 233 g/mol. The maximum Gasteiger partial charge on any atom is 0.305 e. The zero-order valence-electron chi connectivity index (χ0n) is 8.21. The molecule has 0 saturated heterocycles. The Morgan fingerprint density at radius 2 is 2.33 bits per heavy atom. The van der Waals surface area contributed by atoms with Gasteiger partial charge < -0.3 is 15.6 Å². The van der Waals surface area contributed by atoms with E-state index in [0.29, 0.717) is 11.4 Å². The molecule has 1 aromatic rings. The smallest absolute Gasteiger partial charge is 0.305 e. The minimum atomic E-state index is -0.923. The van der Waals surface area contributed by atoms with Gasteiger partial charge in [0, 0.05) is 18.3 Å². The number of carboxylic acid groups (broad SMARTS) is 1. The van der Waals surface area contributed by atoms with Crippen LogP contribution in [-0.2, 0) is 4.79 Å². The van der Waals surface area contributed by atoms with E-state index in [4.69, 9.17) is 15.6 Å². The highest BCUT2D eigenvalue weighted by Crippen LogP contribution is 2.15. The summed E-state index contributed by atoms with van der Waals surface area (Å²) >= 11 is 0. The van der Waals surface area contributed by atoms with Gasteiger partial charge >= 0.3 is 5.97 Å². The molecule has 0 aliphatic carbocycles. The van der Waals surface area contributed by atoms with Crippen molar-refractivity contribution in [3.8, 4) is 5.88 Å². The van der Waals surface area contributed by atoms with Gasteiger partial charge in [-0.15, -0.1) is 12.4 Å². The second-order valence-corrected chi connectivity index (χ2v) is 2.84. The Labute approximate surface area is 93.7 Å². The lowest BCUT2D eigenvalue weighted by Gasteiger charge is -2.08. The third kappa shape index (κ3) is 4.14. The first-order valence-corrected chi connectivity index (χ1v) is 4.11. The normalized spacial score (nSPS) is 11.3. The van der Waals surface area contributed by atoms with Crippen LogP contribution in [0.25, 0.3) is 0 Å². The molecule has 0 bridgehead atoms. The summed E-state index contributed by atoms with van der Waals surface area (Å²) in [5.41, 5.74) is 6.31. The Bertz CT molecular complexity index is 316. The van der Waals surface area contributed by atoms with Crippen molar-refractivity contribution in [1.82, 2.24) is 4.98 Å². The van der Waals surface area contributed by atoms with E-state index >= 15 is 0 Å². The largest absolute Gasteiger partial charge is 0.481 e. The summed E-state index contributed by atoms with van der Waals surface area (Å²) in [5.74, 6) is -0.440. The van der Waals surface area contributed by atoms with Gasteiger partial charge in [-0.1, -0.05) is 6.07 Å². The van der Waals surface area contributed by atoms with Gasteiger partial charge in [-0.05, 0) is 5.56 Å². The second-order valence-electron chi connectivity index (χ2n) is 2.84. The highest BCUT2D eigenvalue weighted by Gasteiger charge is 2.10. The Balaban J connectivity index is 0.00000196. The van der Waals surface area contributed by atoms with Crippen molar-refractivity contribution in [1.29, 1.82) is 0 Å². The number of hydrogen-bond donors (Lipinski definition) is 2. The molecular formula is C9H13ClN2O3. The molecule has 0 aliphatic heterocycles. The van der Waals surface area contributed by atoms with Gasteiger partial charge in [-0.25, -0.2) is 4.98 Å². The zero-order chi connectivity index (χ0) is 10.6. The van der Waals surface area contributed by atoms with E-state index in [1.54, 1.807) is 12.1 Å². The first kappa shape index (κ1) is 13.7. The van der Waals surface area contributed by atoms with Crippen LogP contribution in [0.15, 0.2) is 18.3 Å². The predicted molar refractivity (Wildman–Crippen MR) is 57.2 cm³/mol. The molecule has 84 valence electrons. The maximum atomic E-state index is 10.4. The van der Waals surface area contributed by atoms with Crippen LogP contribution < -0.4 is 10.5 Å². The molecule has 3 N–H and O–H groups in total. The molecule has 0 spiro atoms. The van der Waals surface area contributed by atoms with Gasteiger partial charge in [-0.2, -0.15) is 0 Å². The summed E-state index contributed by atoms with van der Waals surface area (Å²) in [4.78, 5) is 14.3. The van der Waals surface area contributed by atoms with Crippen LogP contribution in [0.2, 0.25) is 0 Å². The number of ether oxygens (including phenoxy) is 1. The number of aliphatic carboxylic acids is 1. The Kier molecular flexibility index (Phi) is 5.66. The summed E-state index contributed by atoms with van der Waals surface area (Å²) in [7, 11) is 1.51. The number of nitrogens with two attached hydrogens (primary N) is 1. The number of methoxy groups -OCH3 is 1. The number of carbonyl (C=O) groups is 1. The lowest BCUT2D eigenvalue weighted by molar-refractivity contribution is -0.137. The van der Waals surface area contributed by atoms with Crippen LogP contribution in [0.4, 0.5) is 0 Å². The first-order chi connectivity index (χ1) is 6.63. The Morgan fingerprint density at radius 1 is 1.67 bits per heavy atom. The van der Waals surface area contributed by atoms with Crippen LogP contribution in [-0.4, -0.2) is 23.2 Å². The molecule has 0 fully saturated rings. The Morgan fingerprint density at radius 3 is 2.73 bits per heavy atom. The van der Waals surface area contributed by atoms with Crippen molar-refractivity contribution >= 4 is 18.4 Å². The summed E-state index contributed by atoms with van der Waals surface area (Å²) in [6.07, 6.45) is 1.42. The summed E-state index contributed by atoms with van der Waals surface area (Å²) in [6.45, 7) is 0. The average Bonchev–Trinajstić information content (AvgIpc) is 2.17. The van der Waals surface area contributed by atoms with E-state index in [1.807, 2.05) is 0 Å². The van der Waals surface area contributed by atoms with E-state index in [0.717, 1.165) is 0 Å². The van der Waals surface area contributed by atoms with Crippen LogP contribution >= 0.6 is 12.4 Å². The molecule has 0 aromatic carbocycles. The van der Waals surface area contributed by atoms with Crippen molar-refractivity contribution in [3.63, 3.8) is 0 Å². The van der Waals surface area contributed by atoms with Crippen molar-refractivity contribution in [3.05, 3.63) is 23.9 Å². The lowest BCUT2D eigenvalue weighted by Crippen LogP contribution is -2.15. The molecule has 1 unspecified atom stereocenters. The third-order valence-electron chi connectivity index (χ3n) is 1.79. The predicted octanol–water partition coefficient (Wildman–Crippen LogP) is 0.986. The van der Waals surface area contributed by atoms with Crippen molar-refractivity contribution in [2.24, 2.45) is 5.73 Å². The minimum Gasteiger partial charge on any atom is -0.481 e. The molecule has 15 heavy (non-hydrogen) atoms. The van der Waals surface area contributed by atoms with Gasteiger partial charge in [0.1, 0.15) is 0 Å². The molecule has 1 aromatic heterocycles. The van der Waals surface area contributed by atoms with E-state index in [1.165, 1.54) is 13.3 Å². The topological polar surface area (TPSA) is 85.4 Å². The second kappa shape index (κ2) is 6.21. The molecule has 1 heterocycles. The fourth-order valence-corrected chi connectivity index (χ4v) is 1.04. The molecule has 0 radical (unpaired) electrons. The van der Waals surface area contributed by atoms with Crippen molar-refractivity contribution < 1.29 is 14.6 Å². The molecule has 1 atom stereocenters. The maximum absolute atomic E-state index is 10.4. The minimum absolute atomic E-state index is 0. The number of nitrogens with zero attached hydrogens (tertiary/aromatic N) is 1. The number of pyridine rings is 1. The molecular weight excluding hydrogens is 220 g/mol. The number of carboxylic acids is 1. The summed E-state index contributed by atoms with van der Waals surface area (Å²) < 4.78 is 4.86. The fourth-order valence-electron chi connectivity index (χ4n) is 1.04. The monoisotopic (exact) mass is 232 g/mol. The molecule has 0 amide bonds. The highest BCUT2D eigenvalue weighted by atomic mass is 35.5. The quantitative estimate of drug-likeness (QED) is 0.809. The van der Waals surface area contributed by atoms with Gasteiger partial charge in [0.25, 0.3) is 0 Å². The standard InChI is InChI=1S/C9H12N2O3.ClH/c1-14-8-3-2-6(5-11-8)7(10)4-9(12)13;/h2-3,5,7H,4,10H2,1H3,(H,12,13);1H. The van der Waals surface area contributed by atoms with E-state index < -0.39 is 12.0 Å². The molecule has 1 rings (SSSR count). The number of aromatic nitrogens is 1. The summed E-state index contributed by atoms with van der Waals surface area (Å²) in [6, 6.07) is 2.84. The fraction of sp³-hybridized carbons (Fsp3) is 0.333. The molecule has 5 nitrogen and oxygen atoms in total. The van der Waals surface area contributed by atoms with Gasteiger partial charge in [0.2, 0.25) is 5.88 Å². The molecule has 0 saturated carbocycles. The zero-order valence-corrected chi connectivity index (χ0v) is 9.03. The SMILES string of the molecule is COc1ccc(C(N)CC(=O)O)cn1.Cl. The number of rotatable bonds is 4. The van der Waals surface area contributed by atoms with E-state index in [-0.39, 0.29) is 18.8 Å². The van der Waals surface area contributed by atoms with Crippen LogP contribution in [0.3, 0.4) is 0 Å². The van der Waals surface area contributed by atoms with Gasteiger partial charge in [0.15, 0.2) is 0 Å². The lowest BCUT2D eigenvalue weighted by atomic mass is 10.1. The van der Waals surface area contributed by atoms with Gasteiger partial charge in [-0.3, -0.25) is 4.79 Å². The third-order valence-corrected chi connectivity index (χ3v) is 1.79. The van der Waals surface area contributed by atoms with E-state index in [9.17, 15) is 4.79 Å². The first-order valence-electron chi connectivity index (χ1n) is 4.11. The van der Waals surface area contributed by atoms with Crippen LogP contribution in [0, 0.1) is 0 Å².